The third-order valence-corrected chi connectivity index (χ3v) is 6.69. The molecule has 6 nitrogen and oxygen atoms in total. The lowest BCUT2D eigenvalue weighted by atomic mass is 9.79. The predicted molar refractivity (Wildman–Crippen MR) is 118 cm³/mol. The molecule has 172 valence electrons. The Morgan fingerprint density at radius 3 is 2.50 bits per heavy atom. The number of halogens is 2. The number of carbonyl (C=O) groups is 1. The van der Waals surface area contributed by atoms with Gasteiger partial charge in [0.1, 0.15) is 5.82 Å². The molecular formula is C24H30F2N4O2. The first kappa shape index (κ1) is 22.6. The van der Waals surface area contributed by atoms with Crippen LogP contribution in [0.2, 0.25) is 0 Å². The van der Waals surface area contributed by atoms with Crippen LogP contribution in [0.4, 0.5) is 14.6 Å². The molecule has 1 amide bonds. The number of nitrogens with two attached hydrogens (primary N) is 1. The van der Waals surface area contributed by atoms with Crippen molar-refractivity contribution in [2.45, 2.75) is 56.2 Å². The third kappa shape index (κ3) is 4.91. The summed E-state index contributed by atoms with van der Waals surface area (Å²) in [4.78, 5) is 19.9. The number of hydrogen-bond donors (Lipinski definition) is 3. The number of piperidine rings is 1. The standard InChI is InChI=1S/C24H30F2N4O2/c25-23(26)12-9-18(15-23)24(32,17-5-2-1-3-6-17)22(31)29-19-10-13-30(14-11-19)16-20-7-4-8-21(27)28-20/h1-8,18-19,32H,9-16H2,(H2,27,28)(H,29,31)/t18-,24?/m1/s1. The topological polar surface area (TPSA) is 91.5 Å². The van der Waals surface area contributed by atoms with E-state index in [0.717, 1.165) is 18.8 Å². The van der Waals surface area contributed by atoms with Crippen LogP contribution in [0.3, 0.4) is 0 Å². The van der Waals surface area contributed by atoms with Crippen LogP contribution in [0, 0.1) is 5.92 Å². The van der Waals surface area contributed by atoms with Crippen LogP contribution in [0.15, 0.2) is 48.5 Å². The molecule has 2 heterocycles. The van der Waals surface area contributed by atoms with Crippen molar-refractivity contribution in [3.05, 3.63) is 59.8 Å². The van der Waals surface area contributed by atoms with E-state index in [0.29, 0.717) is 30.8 Å². The average Bonchev–Trinajstić information content (AvgIpc) is 3.15. The Morgan fingerprint density at radius 2 is 1.88 bits per heavy atom. The van der Waals surface area contributed by atoms with Crippen molar-refractivity contribution < 1.29 is 18.7 Å². The van der Waals surface area contributed by atoms with E-state index >= 15 is 0 Å². The zero-order chi connectivity index (χ0) is 22.8. The highest BCUT2D eigenvalue weighted by atomic mass is 19.3. The van der Waals surface area contributed by atoms with Crippen molar-refractivity contribution in [2.24, 2.45) is 5.92 Å². The Labute approximate surface area is 186 Å². The number of nitrogens with zero attached hydrogens (tertiary/aromatic N) is 2. The van der Waals surface area contributed by atoms with E-state index in [9.17, 15) is 18.7 Å². The average molecular weight is 445 g/mol. The number of pyridine rings is 1. The maximum atomic E-state index is 13.9. The molecule has 2 atom stereocenters. The van der Waals surface area contributed by atoms with E-state index in [-0.39, 0.29) is 18.9 Å². The molecule has 8 heteroatoms. The van der Waals surface area contributed by atoms with Gasteiger partial charge in [-0.1, -0.05) is 36.4 Å². The Bertz CT molecular complexity index is 935. The molecule has 1 aliphatic heterocycles. The van der Waals surface area contributed by atoms with Crippen LogP contribution in [0.25, 0.3) is 0 Å². The van der Waals surface area contributed by atoms with Gasteiger partial charge in [0.25, 0.3) is 5.91 Å². The molecule has 0 spiro atoms. The molecular weight excluding hydrogens is 414 g/mol. The summed E-state index contributed by atoms with van der Waals surface area (Å²) in [6, 6.07) is 13.9. The molecule has 0 bridgehead atoms. The highest BCUT2D eigenvalue weighted by Crippen LogP contribution is 2.47. The maximum absolute atomic E-state index is 13.9. The number of benzene rings is 1. The fraction of sp³-hybridized carbons (Fsp3) is 0.500. The minimum Gasteiger partial charge on any atom is -0.384 e. The molecule has 2 aliphatic rings. The Kier molecular flexibility index (Phi) is 6.44. The lowest BCUT2D eigenvalue weighted by Gasteiger charge is -2.37. The highest BCUT2D eigenvalue weighted by Gasteiger charge is 2.53. The van der Waals surface area contributed by atoms with Crippen molar-refractivity contribution in [1.29, 1.82) is 0 Å². The number of likely N-dealkylation sites (tertiary alicyclic amines) is 1. The molecule has 2 aromatic rings. The van der Waals surface area contributed by atoms with Gasteiger partial charge < -0.3 is 16.2 Å². The summed E-state index contributed by atoms with van der Waals surface area (Å²) >= 11 is 0. The molecule has 1 saturated carbocycles. The van der Waals surface area contributed by atoms with E-state index in [1.807, 2.05) is 12.1 Å². The summed E-state index contributed by atoms with van der Waals surface area (Å²) in [5, 5.41) is 14.5. The number of rotatable bonds is 6. The summed E-state index contributed by atoms with van der Waals surface area (Å²) in [5.41, 5.74) is 5.04. The van der Waals surface area contributed by atoms with Crippen LogP contribution >= 0.6 is 0 Å². The minimum atomic E-state index is -2.85. The molecule has 1 unspecified atom stereocenters. The molecule has 2 fully saturated rings. The number of anilines is 1. The molecule has 1 aromatic heterocycles. The summed E-state index contributed by atoms with van der Waals surface area (Å²) in [6.07, 6.45) is 0.727. The monoisotopic (exact) mass is 444 g/mol. The first-order valence-corrected chi connectivity index (χ1v) is 11.2. The van der Waals surface area contributed by atoms with E-state index in [1.165, 1.54) is 0 Å². The number of aliphatic hydroxyl groups is 1. The maximum Gasteiger partial charge on any atom is 0.257 e. The minimum absolute atomic E-state index is 0.109. The molecule has 1 aromatic carbocycles. The van der Waals surface area contributed by atoms with Gasteiger partial charge in [-0.3, -0.25) is 9.69 Å². The lowest BCUT2D eigenvalue weighted by Crippen LogP contribution is -2.54. The highest BCUT2D eigenvalue weighted by molar-refractivity contribution is 5.87. The van der Waals surface area contributed by atoms with Crippen molar-refractivity contribution in [1.82, 2.24) is 15.2 Å². The number of hydrogen-bond acceptors (Lipinski definition) is 5. The number of nitrogen functional groups attached to an aromatic ring is 1. The summed E-state index contributed by atoms with van der Waals surface area (Å²) in [5.74, 6) is -3.77. The van der Waals surface area contributed by atoms with Gasteiger partial charge in [-0.2, -0.15) is 0 Å². The molecule has 0 radical (unpaired) electrons. The zero-order valence-electron chi connectivity index (χ0n) is 18.0. The van der Waals surface area contributed by atoms with Crippen molar-refractivity contribution in [2.75, 3.05) is 18.8 Å². The predicted octanol–water partition coefficient (Wildman–Crippen LogP) is 3.07. The van der Waals surface area contributed by atoms with Gasteiger partial charge in [0.15, 0.2) is 5.60 Å². The summed E-state index contributed by atoms with van der Waals surface area (Å²) in [7, 11) is 0. The second-order valence-electron chi connectivity index (χ2n) is 9.01. The second kappa shape index (κ2) is 9.11. The van der Waals surface area contributed by atoms with Crippen LogP contribution < -0.4 is 11.1 Å². The number of aromatic nitrogens is 1. The Balaban J connectivity index is 1.41. The van der Waals surface area contributed by atoms with E-state index in [1.54, 1.807) is 36.4 Å². The van der Waals surface area contributed by atoms with Gasteiger partial charge in [0, 0.05) is 44.4 Å². The van der Waals surface area contributed by atoms with E-state index in [4.69, 9.17) is 5.73 Å². The van der Waals surface area contributed by atoms with E-state index < -0.39 is 29.8 Å². The van der Waals surface area contributed by atoms with Gasteiger partial charge in [0.2, 0.25) is 5.92 Å². The number of nitrogens with one attached hydrogen (secondary N) is 1. The lowest BCUT2D eigenvalue weighted by molar-refractivity contribution is -0.149. The number of alkyl halides is 2. The fourth-order valence-electron chi connectivity index (χ4n) is 4.90. The summed E-state index contributed by atoms with van der Waals surface area (Å²) in [6.45, 7) is 2.19. The zero-order valence-corrected chi connectivity index (χ0v) is 18.0. The van der Waals surface area contributed by atoms with Gasteiger partial charge in [-0.25, -0.2) is 13.8 Å². The van der Waals surface area contributed by atoms with Crippen LogP contribution in [0.1, 0.15) is 43.4 Å². The fourth-order valence-corrected chi connectivity index (χ4v) is 4.90. The van der Waals surface area contributed by atoms with Gasteiger partial charge in [-0.15, -0.1) is 0 Å². The normalized spacial score (nSPS) is 23.5. The molecule has 1 saturated heterocycles. The van der Waals surface area contributed by atoms with Gasteiger partial charge in [0.05, 0.1) is 5.69 Å². The molecule has 1 aliphatic carbocycles. The number of carbonyl (C=O) groups excluding carboxylic acids is 1. The van der Waals surface area contributed by atoms with Crippen LogP contribution in [-0.4, -0.2) is 46.0 Å². The quantitative estimate of drug-likeness (QED) is 0.637. The first-order valence-electron chi connectivity index (χ1n) is 11.2. The second-order valence-corrected chi connectivity index (χ2v) is 9.01. The Morgan fingerprint density at radius 1 is 1.16 bits per heavy atom. The smallest absolute Gasteiger partial charge is 0.257 e. The molecule has 4 N–H and O–H groups in total. The molecule has 32 heavy (non-hydrogen) atoms. The first-order chi connectivity index (χ1) is 15.3. The Hall–Kier alpha value is -2.58. The third-order valence-electron chi connectivity index (χ3n) is 6.69. The van der Waals surface area contributed by atoms with Crippen molar-refractivity contribution >= 4 is 11.7 Å². The van der Waals surface area contributed by atoms with Crippen LogP contribution in [-0.2, 0) is 16.9 Å². The number of amides is 1. The SMILES string of the molecule is Nc1cccc(CN2CCC(NC(=O)C(O)(c3ccccc3)[C@@H]3CCC(F)(F)C3)CC2)n1. The largest absolute Gasteiger partial charge is 0.384 e. The van der Waals surface area contributed by atoms with Crippen molar-refractivity contribution in [3.8, 4) is 0 Å². The van der Waals surface area contributed by atoms with Gasteiger partial charge in [-0.05, 0) is 37.0 Å². The molecule has 4 rings (SSSR count). The summed E-state index contributed by atoms with van der Waals surface area (Å²) < 4.78 is 27.9. The van der Waals surface area contributed by atoms with E-state index in [2.05, 4.69) is 15.2 Å². The van der Waals surface area contributed by atoms with Crippen molar-refractivity contribution in [3.63, 3.8) is 0 Å². The van der Waals surface area contributed by atoms with Crippen LogP contribution in [0.5, 0.6) is 0 Å². The van der Waals surface area contributed by atoms with Gasteiger partial charge >= 0.3 is 0 Å².